The third kappa shape index (κ3) is 3.18. The number of hydrogen-bond acceptors (Lipinski definition) is 2. The molecule has 4 aliphatic carbocycles. The Labute approximate surface area is 192 Å². The molecule has 2 heteroatoms. The first-order chi connectivity index (χ1) is 15.5. The number of ether oxygens (including phenoxy) is 1. The van der Waals surface area contributed by atoms with Crippen molar-refractivity contribution in [1.82, 2.24) is 4.98 Å². The molecular formula is C30H33NO. The second-order valence-electron chi connectivity index (χ2n) is 10.9. The lowest BCUT2D eigenvalue weighted by molar-refractivity contribution is -0.00614. The third-order valence-electron chi connectivity index (χ3n) is 8.45. The van der Waals surface area contributed by atoms with E-state index < -0.39 is 0 Å². The second kappa shape index (κ2) is 7.47. The summed E-state index contributed by atoms with van der Waals surface area (Å²) in [5.74, 6) is 3.84. The summed E-state index contributed by atoms with van der Waals surface area (Å²) in [5.41, 5.74) is 9.01. The maximum Gasteiger partial charge on any atom is 0.130 e. The molecule has 0 saturated heterocycles. The van der Waals surface area contributed by atoms with E-state index >= 15 is 0 Å². The van der Waals surface area contributed by atoms with Crippen molar-refractivity contribution in [2.24, 2.45) is 17.8 Å². The van der Waals surface area contributed by atoms with Gasteiger partial charge in [0.2, 0.25) is 0 Å². The highest BCUT2D eigenvalue weighted by atomic mass is 16.5. The quantitative estimate of drug-likeness (QED) is 0.433. The van der Waals surface area contributed by atoms with Gasteiger partial charge in [-0.3, -0.25) is 4.98 Å². The van der Waals surface area contributed by atoms with E-state index in [1.165, 1.54) is 71.9 Å². The molecule has 4 bridgehead atoms. The lowest BCUT2D eigenvalue weighted by Crippen LogP contribution is -2.48. The van der Waals surface area contributed by atoms with Crippen molar-refractivity contribution in [3.8, 4) is 28.1 Å². The molecule has 7 rings (SSSR count). The summed E-state index contributed by atoms with van der Waals surface area (Å²) in [4.78, 5) is 4.69. The van der Waals surface area contributed by atoms with Gasteiger partial charge in [0.25, 0.3) is 0 Å². The molecule has 4 saturated carbocycles. The van der Waals surface area contributed by atoms with Gasteiger partial charge in [0.15, 0.2) is 0 Å². The minimum Gasteiger partial charge on any atom is -0.496 e. The lowest BCUT2D eigenvalue weighted by atomic mass is 9.48. The lowest BCUT2D eigenvalue weighted by Gasteiger charge is -2.57. The van der Waals surface area contributed by atoms with Crippen molar-refractivity contribution in [2.45, 2.75) is 57.8 Å². The van der Waals surface area contributed by atoms with Crippen LogP contribution in [-0.4, -0.2) is 12.1 Å². The number of pyridine rings is 1. The van der Waals surface area contributed by atoms with E-state index in [-0.39, 0.29) is 0 Å². The number of hydrogen-bond donors (Lipinski definition) is 0. The Balaban J connectivity index is 1.55. The van der Waals surface area contributed by atoms with Crippen LogP contribution in [0.2, 0.25) is 0 Å². The van der Waals surface area contributed by atoms with Crippen LogP contribution in [0.5, 0.6) is 5.75 Å². The van der Waals surface area contributed by atoms with Gasteiger partial charge in [0.1, 0.15) is 5.75 Å². The first kappa shape index (κ1) is 20.0. The van der Waals surface area contributed by atoms with Crippen LogP contribution < -0.4 is 4.74 Å². The highest BCUT2D eigenvalue weighted by Crippen LogP contribution is 2.62. The molecule has 2 nitrogen and oxygen atoms in total. The van der Waals surface area contributed by atoms with Gasteiger partial charge in [-0.1, -0.05) is 29.8 Å². The Morgan fingerprint density at radius 3 is 2.09 bits per heavy atom. The summed E-state index contributed by atoms with van der Waals surface area (Å²) >= 11 is 0. The van der Waals surface area contributed by atoms with E-state index in [1.807, 2.05) is 19.4 Å². The fourth-order valence-electron chi connectivity index (χ4n) is 7.65. The molecule has 1 heterocycles. The van der Waals surface area contributed by atoms with E-state index in [4.69, 9.17) is 9.72 Å². The van der Waals surface area contributed by atoms with Crippen molar-refractivity contribution in [3.63, 3.8) is 0 Å². The van der Waals surface area contributed by atoms with Gasteiger partial charge >= 0.3 is 0 Å². The molecule has 4 aliphatic rings. The summed E-state index contributed by atoms with van der Waals surface area (Å²) in [6.45, 7) is 4.41. The van der Waals surface area contributed by atoms with Crippen LogP contribution in [0.4, 0.5) is 0 Å². The predicted octanol–water partition coefficient (Wildman–Crippen LogP) is 7.51. The number of methoxy groups -OCH3 is 1. The van der Waals surface area contributed by atoms with E-state index in [0.29, 0.717) is 5.41 Å². The zero-order valence-electron chi connectivity index (χ0n) is 19.5. The van der Waals surface area contributed by atoms with Gasteiger partial charge in [-0.05, 0) is 111 Å². The highest BCUT2D eigenvalue weighted by molar-refractivity contribution is 5.86. The van der Waals surface area contributed by atoms with Crippen molar-refractivity contribution >= 4 is 0 Å². The second-order valence-corrected chi connectivity index (χ2v) is 10.9. The van der Waals surface area contributed by atoms with Crippen LogP contribution >= 0.6 is 0 Å². The molecule has 1 aromatic heterocycles. The third-order valence-corrected chi connectivity index (χ3v) is 8.45. The van der Waals surface area contributed by atoms with Crippen LogP contribution in [0.1, 0.15) is 55.2 Å². The molecule has 0 atom stereocenters. The standard InChI is InChI=1S/C30H33NO/c1-19-7-8-24(25(10-19)28-6-4-5-9-31-28)26-11-20(2)12-27(29(26)32-3)30-16-21-13-22(17-30)15-23(14-21)18-30/h4-12,21-23H,13-18H2,1-3H3. The largest absolute Gasteiger partial charge is 0.496 e. The van der Waals surface area contributed by atoms with Gasteiger partial charge < -0.3 is 4.74 Å². The SMILES string of the molecule is COc1c(-c2ccc(C)cc2-c2ccccn2)cc(C)cc1C12CC3CC(CC(C3)C1)C2. The first-order valence-corrected chi connectivity index (χ1v) is 12.3. The number of aryl methyl sites for hydroxylation is 2. The molecule has 0 N–H and O–H groups in total. The van der Waals surface area contributed by atoms with Crippen LogP contribution in [0.25, 0.3) is 22.4 Å². The number of rotatable bonds is 4. The highest BCUT2D eigenvalue weighted by Gasteiger charge is 2.52. The van der Waals surface area contributed by atoms with Crippen molar-refractivity contribution < 1.29 is 4.74 Å². The normalized spacial score (nSPS) is 28.2. The molecule has 32 heavy (non-hydrogen) atoms. The van der Waals surface area contributed by atoms with E-state index in [0.717, 1.165) is 29.2 Å². The van der Waals surface area contributed by atoms with Crippen molar-refractivity contribution in [3.05, 3.63) is 71.4 Å². The molecular weight excluding hydrogens is 390 g/mol. The fourth-order valence-corrected chi connectivity index (χ4v) is 7.65. The first-order valence-electron chi connectivity index (χ1n) is 12.3. The maximum atomic E-state index is 6.28. The predicted molar refractivity (Wildman–Crippen MR) is 131 cm³/mol. The Kier molecular flexibility index (Phi) is 4.68. The Bertz CT molecular complexity index is 1130. The van der Waals surface area contributed by atoms with Crippen LogP contribution in [0.15, 0.2) is 54.7 Å². The van der Waals surface area contributed by atoms with E-state index in [2.05, 4.69) is 56.3 Å². The summed E-state index contributed by atoms with van der Waals surface area (Å²) in [5, 5.41) is 0. The molecule has 0 amide bonds. The number of benzene rings is 2. The molecule has 0 radical (unpaired) electrons. The van der Waals surface area contributed by atoms with Gasteiger partial charge in [0, 0.05) is 22.9 Å². The average molecular weight is 424 g/mol. The topological polar surface area (TPSA) is 22.1 Å². The molecule has 4 fully saturated rings. The molecule has 164 valence electrons. The minimum absolute atomic E-state index is 0.302. The van der Waals surface area contributed by atoms with Crippen LogP contribution in [0, 0.1) is 31.6 Å². The smallest absolute Gasteiger partial charge is 0.130 e. The summed E-state index contributed by atoms with van der Waals surface area (Å²) < 4.78 is 6.28. The monoisotopic (exact) mass is 423 g/mol. The van der Waals surface area contributed by atoms with Gasteiger partial charge in [-0.25, -0.2) is 0 Å². The fraction of sp³-hybridized carbons (Fsp3) is 0.433. The zero-order valence-corrected chi connectivity index (χ0v) is 19.5. The van der Waals surface area contributed by atoms with Gasteiger partial charge in [-0.2, -0.15) is 0 Å². The summed E-state index contributed by atoms with van der Waals surface area (Å²) in [6, 6.07) is 17.7. The molecule has 3 aromatic rings. The molecule has 0 aliphatic heterocycles. The van der Waals surface area contributed by atoms with Crippen molar-refractivity contribution in [2.75, 3.05) is 7.11 Å². The number of nitrogens with zero attached hydrogens (tertiary/aromatic N) is 1. The molecule has 2 aromatic carbocycles. The Morgan fingerprint density at radius 2 is 1.47 bits per heavy atom. The molecule has 0 spiro atoms. The van der Waals surface area contributed by atoms with Crippen LogP contribution in [-0.2, 0) is 5.41 Å². The van der Waals surface area contributed by atoms with Crippen LogP contribution in [0.3, 0.4) is 0 Å². The Hall–Kier alpha value is -2.61. The minimum atomic E-state index is 0.302. The molecule has 0 unspecified atom stereocenters. The summed E-state index contributed by atoms with van der Waals surface area (Å²) in [6.07, 6.45) is 10.3. The van der Waals surface area contributed by atoms with E-state index in [1.54, 1.807) is 0 Å². The van der Waals surface area contributed by atoms with Crippen molar-refractivity contribution in [1.29, 1.82) is 0 Å². The zero-order chi connectivity index (χ0) is 21.9. The van der Waals surface area contributed by atoms with Gasteiger partial charge in [0.05, 0.1) is 12.8 Å². The average Bonchev–Trinajstić information content (AvgIpc) is 2.78. The van der Waals surface area contributed by atoms with Gasteiger partial charge in [-0.15, -0.1) is 0 Å². The Morgan fingerprint density at radius 1 is 0.781 bits per heavy atom. The maximum absolute atomic E-state index is 6.28. The summed E-state index contributed by atoms with van der Waals surface area (Å²) in [7, 11) is 1.87. The van der Waals surface area contributed by atoms with E-state index in [9.17, 15) is 0 Å². The number of aromatic nitrogens is 1.